The van der Waals surface area contributed by atoms with E-state index in [2.05, 4.69) is 20.7 Å². The first-order chi connectivity index (χ1) is 9.85. The zero-order valence-electron chi connectivity index (χ0n) is 10.5. The van der Waals surface area contributed by atoms with E-state index in [1.165, 1.54) is 18.2 Å². The Morgan fingerprint density at radius 1 is 1.14 bits per heavy atom. The zero-order valence-corrected chi connectivity index (χ0v) is 14.4. The molecule has 0 amide bonds. The molecular weight excluding hydrogens is 401 g/mol. The van der Waals surface area contributed by atoms with Crippen molar-refractivity contribution in [2.75, 3.05) is 4.72 Å². The van der Waals surface area contributed by atoms with Crippen LogP contribution in [0.5, 0.6) is 0 Å². The minimum atomic E-state index is -3.82. The van der Waals surface area contributed by atoms with Gasteiger partial charge in [-0.15, -0.1) is 0 Å². The Hall–Kier alpha value is -0.790. The summed E-state index contributed by atoms with van der Waals surface area (Å²) in [5, 5.41) is 9.40. The molecule has 0 saturated heterocycles. The number of benzene rings is 2. The van der Waals surface area contributed by atoms with Gasteiger partial charge in [-0.1, -0.05) is 35.3 Å². The van der Waals surface area contributed by atoms with Gasteiger partial charge in [-0.2, -0.15) is 0 Å². The van der Waals surface area contributed by atoms with Gasteiger partial charge in [0, 0.05) is 4.47 Å². The molecule has 2 N–H and O–H groups in total. The van der Waals surface area contributed by atoms with Gasteiger partial charge in [-0.25, -0.2) is 8.42 Å². The zero-order chi connectivity index (χ0) is 15.6. The molecule has 0 bridgehead atoms. The molecule has 0 aliphatic carbocycles. The van der Waals surface area contributed by atoms with Gasteiger partial charge in [0.25, 0.3) is 10.0 Å². The Morgan fingerprint density at radius 2 is 1.86 bits per heavy atom. The molecule has 2 rings (SSSR count). The maximum atomic E-state index is 12.3. The Morgan fingerprint density at radius 3 is 2.52 bits per heavy atom. The second kappa shape index (κ2) is 6.54. The molecule has 2 aromatic rings. The number of nitrogens with one attached hydrogen (secondary N) is 1. The van der Waals surface area contributed by atoms with Crippen LogP contribution in [0.15, 0.2) is 45.8 Å². The first-order valence-corrected chi connectivity index (χ1v) is 8.74. The molecule has 4 nitrogen and oxygen atoms in total. The van der Waals surface area contributed by atoms with Gasteiger partial charge in [-0.3, -0.25) is 4.72 Å². The molecular formula is C13H10BrCl2NO3S. The summed E-state index contributed by atoms with van der Waals surface area (Å²) < 4.78 is 27.6. The van der Waals surface area contributed by atoms with Crippen LogP contribution >= 0.6 is 39.1 Å². The van der Waals surface area contributed by atoms with Crippen LogP contribution in [0.2, 0.25) is 10.0 Å². The van der Waals surface area contributed by atoms with Crippen molar-refractivity contribution >= 4 is 54.8 Å². The van der Waals surface area contributed by atoms with E-state index in [1.54, 1.807) is 18.2 Å². The van der Waals surface area contributed by atoms with Gasteiger partial charge in [-0.05, 0) is 45.8 Å². The lowest BCUT2D eigenvalue weighted by atomic mass is 10.2. The van der Waals surface area contributed by atoms with Crippen LogP contribution in [0.3, 0.4) is 0 Å². The van der Waals surface area contributed by atoms with Gasteiger partial charge in [0.2, 0.25) is 0 Å². The third-order valence-corrected chi connectivity index (χ3v) is 5.81. The lowest BCUT2D eigenvalue weighted by Crippen LogP contribution is -2.13. The van der Waals surface area contributed by atoms with E-state index in [4.69, 9.17) is 28.3 Å². The Labute approximate surface area is 140 Å². The van der Waals surface area contributed by atoms with Crippen molar-refractivity contribution in [2.24, 2.45) is 0 Å². The molecule has 0 unspecified atom stereocenters. The topological polar surface area (TPSA) is 66.4 Å². The summed E-state index contributed by atoms with van der Waals surface area (Å²) in [6.07, 6.45) is 0. The maximum absolute atomic E-state index is 12.3. The summed E-state index contributed by atoms with van der Waals surface area (Å²) in [6, 6.07) is 9.09. The number of aliphatic hydroxyl groups excluding tert-OH is 1. The Balaban J connectivity index is 2.40. The highest BCUT2D eigenvalue weighted by atomic mass is 79.9. The summed E-state index contributed by atoms with van der Waals surface area (Å²) in [5.74, 6) is 0. The minimum absolute atomic E-state index is 0.0316. The van der Waals surface area contributed by atoms with Crippen molar-refractivity contribution < 1.29 is 13.5 Å². The van der Waals surface area contributed by atoms with Crippen LogP contribution in [-0.4, -0.2) is 13.5 Å². The van der Waals surface area contributed by atoms with Gasteiger partial charge < -0.3 is 5.11 Å². The fraction of sp³-hybridized carbons (Fsp3) is 0.0769. The first kappa shape index (κ1) is 16.6. The van der Waals surface area contributed by atoms with Crippen molar-refractivity contribution in [1.82, 2.24) is 0 Å². The predicted molar refractivity (Wildman–Crippen MR) is 87.3 cm³/mol. The molecule has 8 heteroatoms. The molecule has 0 aromatic heterocycles. The average molecular weight is 411 g/mol. The summed E-state index contributed by atoms with van der Waals surface area (Å²) in [4.78, 5) is 0.0316. The van der Waals surface area contributed by atoms with E-state index in [0.717, 1.165) is 0 Å². The summed E-state index contributed by atoms with van der Waals surface area (Å²) in [6.45, 7) is -0.242. The maximum Gasteiger partial charge on any atom is 0.261 e. The second-order valence-electron chi connectivity index (χ2n) is 4.13. The Bertz CT molecular complexity index is 781. The van der Waals surface area contributed by atoms with Crippen molar-refractivity contribution in [2.45, 2.75) is 11.5 Å². The van der Waals surface area contributed by atoms with Crippen LogP contribution in [0.1, 0.15) is 5.56 Å². The van der Waals surface area contributed by atoms with Crippen molar-refractivity contribution in [1.29, 1.82) is 0 Å². The minimum Gasteiger partial charge on any atom is -0.392 e. The van der Waals surface area contributed by atoms with Gasteiger partial charge >= 0.3 is 0 Å². The van der Waals surface area contributed by atoms with Crippen LogP contribution in [-0.2, 0) is 16.6 Å². The van der Waals surface area contributed by atoms with Gasteiger partial charge in [0.1, 0.15) is 0 Å². The largest absolute Gasteiger partial charge is 0.392 e. The summed E-state index contributed by atoms with van der Waals surface area (Å²) in [5.41, 5.74) is 0.678. The van der Waals surface area contributed by atoms with Crippen LogP contribution < -0.4 is 4.72 Å². The molecule has 0 aliphatic heterocycles. The number of halogens is 3. The lowest BCUT2D eigenvalue weighted by molar-refractivity contribution is 0.281. The van der Waals surface area contributed by atoms with E-state index in [9.17, 15) is 8.42 Å². The van der Waals surface area contributed by atoms with Crippen molar-refractivity contribution in [3.63, 3.8) is 0 Å². The third-order valence-electron chi connectivity index (χ3n) is 2.67. The fourth-order valence-corrected chi connectivity index (χ4v) is 3.64. The molecule has 2 aromatic carbocycles. The van der Waals surface area contributed by atoms with Crippen LogP contribution in [0.4, 0.5) is 5.69 Å². The third kappa shape index (κ3) is 3.70. The molecule has 0 fully saturated rings. The first-order valence-electron chi connectivity index (χ1n) is 5.71. The molecule has 21 heavy (non-hydrogen) atoms. The molecule has 0 aliphatic rings. The smallest absolute Gasteiger partial charge is 0.261 e. The van der Waals surface area contributed by atoms with E-state index in [-0.39, 0.29) is 27.2 Å². The molecule has 0 atom stereocenters. The van der Waals surface area contributed by atoms with Crippen molar-refractivity contribution in [3.05, 3.63) is 56.5 Å². The second-order valence-corrected chi connectivity index (χ2v) is 7.43. The number of hydrogen-bond acceptors (Lipinski definition) is 3. The standard InChI is InChI=1S/C13H10BrCl2NO3S/c14-10-4-5-11(13(16)12(10)15)17-21(19,20)9-3-1-2-8(6-9)7-18/h1-6,17-18H,7H2. The predicted octanol–water partition coefficient (Wildman–Crippen LogP) is 4.05. The molecule has 0 heterocycles. The van der Waals surface area contributed by atoms with E-state index < -0.39 is 10.0 Å². The molecule has 0 spiro atoms. The number of aliphatic hydroxyl groups is 1. The number of hydrogen-bond donors (Lipinski definition) is 2. The highest BCUT2D eigenvalue weighted by Crippen LogP contribution is 2.36. The quantitative estimate of drug-likeness (QED) is 0.747. The molecule has 0 saturated carbocycles. The average Bonchev–Trinajstić information content (AvgIpc) is 2.48. The summed E-state index contributed by atoms with van der Waals surface area (Å²) >= 11 is 15.2. The summed E-state index contributed by atoms with van der Waals surface area (Å²) in [7, 11) is -3.82. The number of anilines is 1. The van der Waals surface area contributed by atoms with Crippen molar-refractivity contribution in [3.8, 4) is 0 Å². The van der Waals surface area contributed by atoms with Crippen LogP contribution in [0.25, 0.3) is 0 Å². The Kier molecular flexibility index (Phi) is 5.16. The monoisotopic (exact) mass is 409 g/mol. The fourth-order valence-electron chi connectivity index (χ4n) is 1.62. The highest BCUT2D eigenvalue weighted by Gasteiger charge is 2.18. The normalized spacial score (nSPS) is 11.4. The van der Waals surface area contributed by atoms with E-state index in [0.29, 0.717) is 10.0 Å². The van der Waals surface area contributed by atoms with E-state index >= 15 is 0 Å². The van der Waals surface area contributed by atoms with Gasteiger partial charge in [0.15, 0.2) is 0 Å². The van der Waals surface area contributed by atoms with Crippen LogP contribution in [0, 0.1) is 0 Å². The number of rotatable bonds is 4. The molecule has 0 radical (unpaired) electrons. The highest BCUT2D eigenvalue weighted by molar-refractivity contribution is 9.10. The molecule has 112 valence electrons. The van der Waals surface area contributed by atoms with Gasteiger partial charge in [0.05, 0.1) is 27.2 Å². The SMILES string of the molecule is O=S(=O)(Nc1ccc(Br)c(Cl)c1Cl)c1cccc(CO)c1. The van der Waals surface area contributed by atoms with E-state index in [1.807, 2.05) is 0 Å². The lowest BCUT2D eigenvalue weighted by Gasteiger charge is -2.11. The number of sulfonamides is 1.